The van der Waals surface area contributed by atoms with E-state index >= 15 is 0 Å². The Hall–Kier alpha value is -0.930. The Kier molecular flexibility index (Phi) is 4.36. The summed E-state index contributed by atoms with van der Waals surface area (Å²) in [5.41, 5.74) is 2.03. The molecule has 0 radical (unpaired) electrons. The summed E-state index contributed by atoms with van der Waals surface area (Å²) in [5.74, 6) is 1.73. The Morgan fingerprint density at radius 1 is 1.33 bits per heavy atom. The van der Waals surface area contributed by atoms with Gasteiger partial charge in [0.15, 0.2) is 0 Å². The van der Waals surface area contributed by atoms with E-state index in [-0.39, 0.29) is 5.38 Å². The summed E-state index contributed by atoms with van der Waals surface area (Å²) in [6.45, 7) is 2.05. The molecule has 1 unspecified atom stereocenters. The standard InChI is InChI=1S/C14H14BrClO2/c1-3-13-11(6-7-18-13)14(16)10-5-4-9(17-2)8-12(10)15/h4-8,14H,3H2,1-2H3. The number of benzene rings is 1. The van der Waals surface area contributed by atoms with Crippen molar-refractivity contribution in [3.63, 3.8) is 0 Å². The van der Waals surface area contributed by atoms with Crippen molar-refractivity contribution >= 4 is 27.5 Å². The second-order valence-corrected chi connectivity index (χ2v) is 5.19. The van der Waals surface area contributed by atoms with Crippen LogP contribution in [0, 0.1) is 0 Å². The molecule has 1 heterocycles. The normalized spacial score (nSPS) is 12.4. The zero-order valence-corrected chi connectivity index (χ0v) is 12.6. The number of rotatable bonds is 4. The van der Waals surface area contributed by atoms with Crippen LogP contribution in [0.3, 0.4) is 0 Å². The minimum absolute atomic E-state index is 0.223. The van der Waals surface area contributed by atoms with Gasteiger partial charge in [0.25, 0.3) is 0 Å². The molecule has 2 nitrogen and oxygen atoms in total. The Morgan fingerprint density at radius 3 is 2.72 bits per heavy atom. The van der Waals surface area contributed by atoms with E-state index in [2.05, 4.69) is 22.9 Å². The van der Waals surface area contributed by atoms with Crippen LogP contribution < -0.4 is 4.74 Å². The van der Waals surface area contributed by atoms with E-state index < -0.39 is 0 Å². The molecule has 0 spiro atoms. The van der Waals surface area contributed by atoms with Crippen molar-refractivity contribution in [3.05, 3.63) is 51.9 Å². The summed E-state index contributed by atoms with van der Waals surface area (Å²) < 4.78 is 11.5. The summed E-state index contributed by atoms with van der Waals surface area (Å²) in [7, 11) is 1.64. The van der Waals surface area contributed by atoms with E-state index in [0.717, 1.165) is 33.5 Å². The molecule has 4 heteroatoms. The Balaban J connectivity index is 2.37. The average Bonchev–Trinajstić information content (AvgIpc) is 2.86. The molecule has 0 fully saturated rings. The Bertz CT molecular complexity index is 536. The van der Waals surface area contributed by atoms with Gasteiger partial charge in [0, 0.05) is 16.5 Å². The highest BCUT2D eigenvalue weighted by Crippen LogP contribution is 2.37. The van der Waals surface area contributed by atoms with E-state index in [1.54, 1.807) is 13.4 Å². The lowest BCUT2D eigenvalue weighted by Gasteiger charge is -2.13. The van der Waals surface area contributed by atoms with Crippen molar-refractivity contribution in [2.45, 2.75) is 18.7 Å². The number of ether oxygens (including phenoxy) is 1. The number of halogens is 2. The van der Waals surface area contributed by atoms with Crippen LogP contribution in [0.15, 0.2) is 39.4 Å². The van der Waals surface area contributed by atoms with Gasteiger partial charge in [-0.2, -0.15) is 0 Å². The fraction of sp³-hybridized carbons (Fsp3) is 0.286. The molecule has 96 valence electrons. The van der Waals surface area contributed by atoms with Crippen LogP contribution in [0.5, 0.6) is 5.75 Å². The first kappa shape index (κ1) is 13.5. The molecule has 0 bridgehead atoms. The third-order valence-electron chi connectivity index (χ3n) is 2.85. The second-order valence-electron chi connectivity index (χ2n) is 3.90. The van der Waals surface area contributed by atoms with Gasteiger partial charge in [0.1, 0.15) is 11.5 Å². The Labute approximate surface area is 120 Å². The molecule has 0 aliphatic heterocycles. The smallest absolute Gasteiger partial charge is 0.120 e. The number of alkyl halides is 1. The lowest BCUT2D eigenvalue weighted by Crippen LogP contribution is -1.97. The summed E-state index contributed by atoms with van der Waals surface area (Å²) in [6.07, 6.45) is 2.51. The number of aryl methyl sites for hydroxylation is 1. The maximum absolute atomic E-state index is 6.53. The molecule has 0 N–H and O–H groups in total. The van der Waals surface area contributed by atoms with Crippen molar-refractivity contribution in [3.8, 4) is 5.75 Å². The topological polar surface area (TPSA) is 22.4 Å². The highest BCUT2D eigenvalue weighted by Gasteiger charge is 2.19. The van der Waals surface area contributed by atoms with Crippen molar-refractivity contribution in [2.24, 2.45) is 0 Å². The van der Waals surface area contributed by atoms with Crippen molar-refractivity contribution in [1.29, 1.82) is 0 Å². The van der Waals surface area contributed by atoms with E-state index in [4.69, 9.17) is 20.8 Å². The van der Waals surface area contributed by atoms with Gasteiger partial charge in [-0.05, 0) is 23.8 Å². The first-order valence-corrected chi connectivity index (χ1v) is 6.94. The molecule has 2 aromatic rings. The van der Waals surface area contributed by atoms with E-state index in [1.807, 2.05) is 24.3 Å². The molecule has 1 aromatic carbocycles. The van der Waals surface area contributed by atoms with Gasteiger partial charge >= 0.3 is 0 Å². The van der Waals surface area contributed by atoms with Crippen LogP contribution >= 0.6 is 27.5 Å². The van der Waals surface area contributed by atoms with Crippen molar-refractivity contribution < 1.29 is 9.15 Å². The SMILES string of the molecule is CCc1occc1C(Cl)c1ccc(OC)cc1Br. The zero-order valence-electron chi connectivity index (χ0n) is 10.2. The average molecular weight is 330 g/mol. The van der Waals surface area contributed by atoms with Crippen LogP contribution in [0.1, 0.15) is 29.2 Å². The third kappa shape index (κ3) is 2.57. The van der Waals surface area contributed by atoms with Crippen LogP contribution in [0.25, 0.3) is 0 Å². The summed E-state index contributed by atoms with van der Waals surface area (Å²) in [5, 5.41) is -0.223. The highest BCUT2D eigenvalue weighted by molar-refractivity contribution is 9.10. The summed E-state index contributed by atoms with van der Waals surface area (Å²) in [4.78, 5) is 0. The van der Waals surface area contributed by atoms with Gasteiger partial charge in [-0.1, -0.05) is 28.9 Å². The molecule has 1 aromatic heterocycles. The second kappa shape index (κ2) is 5.81. The maximum atomic E-state index is 6.53. The zero-order chi connectivity index (χ0) is 13.1. The lowest BCUT2D eigenvalue weighted by atomic mass is 10.0. The maximum Gasteiger partial charge on any atom is 0.120 e. The number of hydrogen-bond donors (Lipinski definition) is 0. The quantitative estimate of drug-likeness (QED) is 0.741. The molecule has 0 amide bonds. The highest BCUT2D eigenvalue weighted by atomic mass is 79.9. The van der Waals surface area contributed by atoms with E-state index in [9.17, 15) is 0 Å². The fourth-order valence-corrected chi connectivity index (χ4v) is 2.97. The monoisotopic (exact) mass is 328 g/mol. The Morgan fingerprint density at radius 2 is 2.11 bits per heavy atom. The molecule has 1 atom stereocenters. The van der Waals surface area contributed by atoms with Crippen molar-refractivity contribution in [1.82, 2.24) is 0 Å². The molecular formula is C14H14BrClO2. The third-order valence-corrected chi connectivity index (χ3v) is 4.01. The summed E-state index contributed by atoms with van der Waals surface area (Å²) >= 11 is 10.1. The number of furan rings is 1. The van der Waals surface area contributed by atoms with E-state index in [1.165, 1.54) is 0 Å². The van der Waals surface area contributed by atoms with Gasteiger partial charge in [-0.15, -0.1) is 11.6 Å². The molecule has 0 saturated heterocycles. The predicted octanol–water partition coefficient (Wildman–Crippen LogP) is 4.94. The molecule has 0 aliphatic rings. The summed E-state index contributed by atoms with van der Waals surface area (Å²) in [6, 6.07) is 7.71. The first-order chi connectivity index (χ1) is 8.67. The largest absolute Gasteiger partial charge is 0.497 e. The minimum Gasteiger partial charge on any atom is -0.497 e. The van der Waals surface area contributed by atoms with Gasteiger partial charge in [0.05, 0.1) is 18.8 Å². The van der Waals surface area contributed by atoms with E-state index in [0.29, 0.717) is 0 Å². The molecule has 0 aliphatic carbocycles. The van der Waals surface area contributed by atoms with Crippen molar-refractivity contribution in [2.75, 3.05) is 7.11 Å². The first-order valence-electron chi connectivity index (χ1n) is 5.71. The minimum atomic E-state index is -0.223. The molecule has 0 saturated carbocycles. The number of methoxy groups -OCH3 is 1. The van der Waals surface area contributed by atoms with Crippen LogP contribution in [0.2, 0.25) is 0 Å². The van der Waals surface area contributed by atoms with Crippen LogP contribution in [-0.2, 0) is 6.42 Å². The van der Waals surface area contributed by atoms with Gasteiger partial charge in [-0.25, -0.2) is 0 Å². The lowest BCUT2D eigenvalue weighted by molar-refractivity contribution is 0.414. The van der Waals surface area contributed by atoms with Crippen LogP contribution in [-0.4, -0.2) is 7.11 Å². The predicted molar refractivity (Wildman–Crippen MR) is 76.5 cm³/mol. The van der Waals surface area contributed by atoms with Gasteiger partial charge in [-0.3, -0.25) is 0 Å². The molecular weight excluding hydrogens is 316 g/mol. The fourth-order valence-electron chi connectivity index (χ4n) is 1.87. The van der Waals surface area contributed by atoms with Gasteiger partial charge in [0.2, 0.25) is 0 Å². The van der Waals surface area contributed by atoms with Crippen LogP contribution in [0.4, 0.5) is 0 Å². The van der Waals surface area contributed by atoms with Gasteiger partial charge < -0.3 is 9.15 Å². The molecule has 18 heavy (non-hydrogen) atoms. The number of hydrogen-bond acceptors (Lipinski definition) is 2. The molecule has 2 rings (SSSR count).